The molecule has 0 atom stereocenters. The van der Waals surface area contributed by atoms with E-state index in [1.54, 1.807) is 0 Å². The van der Waals surface area contributed by atoms with Crippen LogP contribution in [0.2, 0.25) is 0 Å². The molecule has 30 heavy (non-hydrogen) atoms. The van der Waals surface area contributed by atoms with Crippen LogP contribution in [0.5, 0.6) is 0 Å². The molecule has 0 aliphatic carbocycles. The summed E-state index contributed by atoms with van der Waals surface area (Å²) in [5.41, 5.74) is 3.85. The van der Waals surface area contributed by atoms with Gasteiger partial charge in [0.05, 0.1) is 25.2 Å². The van der Waals surface area contributed by atoms with E-state index >= 15 is 0 Å². The van der Waals surface area contributed by atoms with Crippen molar-refractivity contribution in [1.82, 2.24) is 0 Å². The summed E-state index contributed by atoms with van der Waals surface area (Å²) < 4.78 is 5.07. The Bertz CT molecular complexity index is 609. The molecule has 0 aromatic carbocycles. The molecule has 0 saturated heterocycles. The second kappa shape index (κ2) is 16.1. The summed E-state index contributed by atoms with van der Waals surface area (Å²) in [6.45, 7) is 8.87. The molecule has 0 heterocycles. The van der Waals surface area contributed by atoms with Crippen molar-refractivity contribution in [3.8, 4) is 0 Å². The lowest BCUT2D eigenvalue weighted by Gasteiger charge is -2.26. The average molecular weight is 423 g/mol. The van der Waals surface area contributed by atoms with E-state index in [1.165, 1.54) is 22.8 Å². The van der Waals surface area contributed by atoms with Crippen molar-refractivity contribution < 1.29 is 24.9 Å². The van der Waals surface area contributed by atoms with Crippen molar-refractivity contribution in [2.24, 2.45) is 5.41 Å². The zero-order chi connectivity index (χ0) is 23.0. The predicted octanol–water partition coefficient (Wildman–Crippen LogP) is 4.64. The molecule has 0 fully saturated rings. The third kappa shape index (κ3) is 13.5. The van der Waals surface area contributed by atoms with Crippen molar-refractivity contribution in [2.45, 2.75) is 73.1 Å². The second-order valence-electron chi connectivity index (χ2n) is 8.57. The van der Waals surface area contributed by atoms with E-state index in [1.807, 2.05) is 6.92 Å². The highest BCUT2D eigenvalue weighted by molar-refractivity contribution is 5.82. The monoisotopic (exact) mass is 422 g/mol. The molecule has 5 heteroatoms. The third-order valence-corrected chi connectivity index (χ3v) is 5.05. The van der Waals surface area contributed by atoms with Crippen LogP contribution in [0.15, 0.2) is 46.6 Å². The summed E-state index contributed by atoms with van der Waals surface area (Å²) in [5, 5.41) is 27.8. The van der Waals surface area contributed by atoms with Gasteiger partial charge in [0.1, 0.15) is 6.61 Å². The second-order valence-corrected chi connectivity index (χ2v) is 8.57. The first kappa shape index (κ1) is 28.3. The van der Waals surface area contributed by atoms with E-state index in [-0.39, 0.29) is 6.61 Å². The molecule has 0 radical (unpaired) electrons. The molecule has 0 aromatic rings. The zero-order valence-corrected chi connectivity index (χ0v) is 19.5. The summed E-state index contributed by atoms with van der Waals surface area (Å²) in [5.74, 6) is -0.526. The topological polar surface area (TPSA) is 87.0 Å². The van der Waals surface area contributed by atoms with Crippen LogP contribution >= 0.6 is 0 Å². The van der Waals surface area contributed by atoms with E-state index in [0.29, 0.717) is 0 Å². The van der Waals surface area contributed by atoms with Gasteiger partial charge in [-0.25, -0.2) is 4.79 Å². The summed E-state index contributed by atoms with van der Waals surface area (Å²) in [6.07, 6.45) is 14.2. The Kier molecular flexibility index (Phi) is 15.2. The molecule has 0 rings (SSSR count). The van der Waals surface area contributed by atoms with E-state index < -0.39 is 31.2 Å². The highest BCUT2D eigenvalue weighted by atomic mass is 16.5. The molecule has 0 bridgehead atoms. The molecule has 0 spiro atoms. The van der Waals surface area contributed by atoms with Gasteiger partial charge in [-0.1, -0.05) is 40.5 Å². The Hall–Kier alpha value is -1.69. The smallest absolute Gasteiger partial charge is 0.330 e. The Labute approximate surface area is 182 Å². The number of esters is 1. The van der Waals surface area contributed by atoms with Crippen molar-refractivity contribution in [1.29, 1.82) is 0 Å². The molecule has 3 N–H and O–H groups in total. The minimum Gasteiger partial charge on any atom is -0.462 e. The third-order valence-electron chi connectivity index (χ3n) is 5.05. The zero-order valence-electron chi connectivity index (χ0n) is 19.5. The number of ether oxygens (including phenoxy) is 1. The Morgan fingerprint density at radius 1 is 0.733 bits per heavy atom. The maximum absolute atomic E-state index is 11.9. The number of rotatable bonds is 15. The molecular weight excluding hydrogens is 380 g/mol. The number of carbonyl (C=O) groups is 1. The van der Waals surface area contributed by atoms with Crippen LogP contribution in [0, 0.1) is 5.41 Å². The molecular formula is C25H42O5. The van der Waals surface area contributed by atoms with Crippen LogP contribution in [-0.4, -0.2) is 47.7 Å². The van der Waals surface area contributed by atoms with E-state index in [9.17, 15) is 20.1 Å². The normalized spacial score (nSPS) is 13.4. The standard InChI is InChI=1S/C25H42O5/c1-20(2)9-6-10-21(3)11-7-12-22(4)13-8-14-23(5)15-24(29)30-19-25(16-26,17-27)18-28/h9,11,13,15,26-28H,6-8,10,12,14,16-19H2,1-5H3. The minimum absolute atomic E-state index is 0.223. The van der Waals surface area contributed by atoms with Crippen LogP contribution in [0.25, 0.3) is 0 Å². The molecule has 172 valence electrons. The number of hydrogen-bond acceptors (Lipinski definition) is 5. The first-order valence-corrected chi connectivity index (χ1v) is 10.8. The maximum Gasteiger partial charge on any atom is 0.330 e. The number of allylic oxidation sites excluding steroid dienone is 7. The largest absolute Gasteiger partial charge is 0.462 e. The Balaban J connectivity index is 4.30. The molecule has 5 nitrogen and oxygen atoms in total. The minimum atomic E-state index is -1.20. The summed E-state index contributed by atoms with van der Waals surface area (Å²) >= 11 is 0. The van der Waals surface area contributed by atoms with Crippen molar-refractivity contribution in [3.05, 3.63) is 46.6 Å². The van der Waals surface area contributed by atoms with Gasteiger partial charge in [-0.05, 0) is 73.1 Å². The first-order chi connectivity index (χ1) is 14.2. The highest BCUT2D eigenvalue weighted by Gasteiger charge is 2.29. The van der Waals surface area contributed by atoms with E-state index in [2.05, 4.69) is 45.9 Å². The average Bonchev–Trinajstić information content (AvgIpc) is 2.69. The Morgan fingerprint density at radius 2 is 1.17 bits per heavy atom. The lowest BCUT2D eigenvalue weighted by Crippen LogP contribution is -2.39. The van der Waals surface area contributed by atoms with E-state index in [0.717, 1.165) is 44.1 Å². The molecule has 0 aliphatic heterocycles. The fourth-order valence-electron chi connectivity index (χ4n) is 2.71. The van der Waals surface area contributed by atoms with Gasteiger partial charge < -0.3 is 20.1 Å². The molecule has 0 amide bonds. The number of aliphatic hydroxyl groups is 3. The van der Waals surface area contributed by atoms with Crippen molar-refractivity contribution in [3.63, 3.8) is 0 Å². The van der Waals surface area contributed by atoms with Crippen LogP contribution in [0.4, 0.5) is 0 Å². The fourth-order valence-corrected chi connectivity index (χ4v) is 2.71. The molecule has 0 unspecified atom stereocenters. The molecule has 0 saturated carbocycles. The summed E-state index contributed by atoms with van der Waals surface area (Å²) in [6, 6.07) is 0. The van der Waals surface area contributed by atoms with Crippen LogP contribution in [-0.2, 0) is 9.53 Å². The summed E-state index contributed by atoms with van der Waals surface area (Å²) in [4.78, 5) is 11.9. The first-order valence-electron chi connectivity index (χ1n) is 10.8. The van der Waals surface area contributed by atoms with Crippen LogP contribution in [0.3, 0.4) is 0 Å². The van der Waals surface area contributed by atoms with Crippen LogP contribution < -0.4 is 0 Å². The molecule has 0 aliphatic rings. The van der Waals surface area contributed by atoms with E-state index in [4.69, 9.17) is 4.74 Å². The van der Waals surface area contributed by atoms with Gasteiger partial charge in [0.15, 0.2) is 0 Å². The highest BCUT2D eigenvalue weighted by Crippen LogP contribution is 2.16. The molecule has 0 aromatic heterocycles. The quantitative estimate of drug-likeness (QED) is 0.203. The van der Waals surface area contributed by atoms with Gasteiger partial charge in [-0.2, -0.15) is 0 Å². The maximum atomic E-state index is 11.9. The lowest BCUT2D eigenvalue weighted by molar-refractivity contribution is -0.145. The fraction of sp³-hybridized carbons (Fsp3) is 0.640. The lowest BCUT2D eigenvalue weighted by atomic mass is 9.93. The number of carbonyl (C=O) groups excluding carboxylic acids is 1. The number of hydrogen-bond donors (Lipinski definition) is 3. The van der Waals surface area contributed by atoms with Gasteiger partial charge in [0.25, 0.3) is 0 Å². The summed E-state index contributed by atoms with van der Waals surface area (Å²) in [7, 11) is 0. The van der Waals surface area contributed by atoms with Gasteiger partial charge in [0.2, 0.25) is 0 Å². The van der Waals surface area contributed by atoms with Gasteiger partial charge >= 0.3 is 5.97 Å². The van der Waals surface area contributed by atoms with Gasteiger partial charge in [0, 0.05) is 6.08 Å². The predicted molar refractivity (Wildman–Crippen MR) is 123 cm³/mol. The number of aliphatic hydroxyl groups excluding tert-OH is 3. The Morgan fingerprint density at radius 3 is 1.60 bits per heavy atom. The van der Waals surface area contributed by atoms with Gasteiger partial charge in [-0.3, -0.25) is 0 Å². The SMILES string of the molecule is CC(C)=CCCC(C)=CCCC(C)=CCCC(C)=CC(=O)OCC(CO)(CO)CO. The van der Waals surface area contributed by atoms with Crippen molar-refractivity contribution in [2.75, 3.05) is 26.4 Å². The van der Waals surface area contributed by atoms with Crippen LogP contribution in [0.1, 0.15) is 73.1 Å². The van der Waals surface area contributed by atoms with Crippen molar-refractivity contribution >= 4 is 5.97 Å². The van der Waals surface area contributed by atoms with Gasteiger partial charge in [-0.15, -0.1) is 0 Å².